The standard InChI is InChI=1S/C15H24N2O3/c1-12-5-3-4-6-16(12)10-13-9-14(18)15(19)11-17(13)7-8-20-2/h9,11-12,19H,3-8,10H2,1-2H3. The monoisotopic (exact) mass is 280 g/mol. The first-order valence-corrected chi connectivity index (χ1v) is 7.27. The third-order valence-corrected chi connectivity index (χ3v) is 4.04. The quantitative estimate of drug-likeness (QED) is 0.889. The van der Waals surface area contributed by atoms with Crippen molar-refractivity contribution >= 4 is 0 Å². The minimum atomic E-state index is -0.307. The third kappa shape index (κ3) is 3.61. The van der Waals surface area contributed by atoms with E-state index in [-0.39, 0.29) is 11.2 Å². The van der Waals surface area contributed by atoms with Crippen molar-refractivity contribution in [1.82, 2.24) is 9.47 Å². The molecule has 5 nitrogen and oxygen atoms in total. The Morgan fingerprint density at radius 2 is 2.25 bits per heavy atom. The van der Waals surface area contributed by atoms with Crippen molar-refractivity contribution in [3.63, 3.8) is 0 Å². The van der Waals surface area contributed by atoms with E-state index in [1.165, 1.54) is 25.5 Å². The fourth-order valence-corrected chi connectivity index (χ4v) is 2.74. The average molecular weight is 280 g/mol. The van der Waals surface area contributed by atoms with E-state index in [0.29, 0.717) is 19.2 Å². The van der Waals surface area contributed by atoms with Gasteiger partial charge < -0.3 is 14.4 Å². The Balaban J connectivity index is 2.19. The molecule has 0 bridgehead atoms. The first-order chi connectivity index (χ1) is 9.61. The Hall–Kier alpha value is -1.33. The van der Waals surface area contributed by atoms with E-state index in [4.69, 9.17) is 4.74 Å². The minimum absolute atomic E-state index is 0.198. The second kappa shape index (κ2) is 6.90. The van der Waals surface area contributed by atoms with E-state index in [0.717, 1.165) is 18.8 Å². The van der Waals surface area contributed by atoms with Gasteiger partial charge in [0.05, 0.1) is 12.8 Å². The Labute approximate surface area is 119 Å². The maximum absolute atomic E-state index is 11.7. The molecule has 1 aliphatic heterocycles. The SMILES string of the molecule is COCCn1cc(O)c(=O)cc1CN1CCCCC1C. The van der Waals surface area contributed by atoms with Crippen LogP contribution in [0, 0.1) is 0 Å². The van der Waals surface area contributed by atoms with Gasteiger partial charge in [-0.1, -0.05) is 6.42 Å². The van der Waals surface area contributed by atoms with Crippen LogP contribution in [0.1, 0.15) is 31.9 Å². The summed E-state index contributed by atoms with van der Waals surface area (Å²) < 4.78 is 7.01. The van der Waals surface area contributed by atoms with Crippen molar-refractivity contribution in [1.29, 1.82) is 0 Å². The molecule has 0 saturated carbocycles. The highest BCUT2D eigenvalue weighted by Crippen LogP contribution is 2.19. The molecule has 1 atom stereocenters. The Kier molecular flexibility index (Phi) is 5.20. The van der Waals surface area contributed by atoms with Gasteiger partial charge in [0.25, 0.3) is 0 Å². The number of aromatic hydroxyl groups is 1. The van der Waals surface area contributed by atoms with Crippen LogP contribution in [-0.4, -0.2) is 40.9 Å². The summed E-state index contributed by atoms with van der Waals surface area (Å²) in [5, 5.41) is 9.59. The fraction of sp³-hybridized carbons (Fsp3) is 0.667. The first kappa shape index (κ1) is 15.1. The normalized spacial score (nSPS) is 20.2. The van der Waals surface area contributed by atoms with Gasteiger partial charge in [-0.2, -0.15) is 0 Å². The van der Waals surface area contributed by atoms with Gasteiger partial charge in [0.15, 0.2) is 5.75 Å². The van der Waals surface area contributed by atoms with E-state index < -0.39 is 0 Å². The molecule has 2 rings (SSSR count). The van der Waals surface area contributed by atoms with E-state index in [1.807, 2.05) is 4.57 Å². The van der Waals surface area contributed by atoms with Crippen LogP contribution in [-0.2, 0) is 17.8 Å². The Morgan fingerprint density at radius 3 is 2.95 bits per heavy atom. The zero-order valence-electron chi connectivity index (χ0n) is 12.3. The summed E-state index contributed by atoms with van der Waals surface area (Å²) in [6.45, 7) is 5.25. The highest BCUT2D eigenvalue weighted by atomic mass is 16.5. The number of ether oxygens (including phenoxy) is 1. The molecule has 112 valence electrons. The van der Waals surface area contributed by atoms with Crippen molar-refractivity contribution in [2.45, 2.75) is 45.3 Å². The molecule has 1 saturated heterocycles. The van der Waals surface area contributed by atoms with Crippen molar-refractivity contribution in [2.75, 3.05) is 20.3 Å². The number of aromatic nitrogens is 1. The second-order valence-electron chi connectivity index (χ2n) is 5.52. The van der Waals surface area contributed by atoms with Crippen LogP contribution >= 0.6 is 0 Å². The number of methoxy groups -OCH3 is 1. The van der Waals surface area contributed by atoms with E-state index in [2.05, 4.69) is 11.8 Å². The summed E-state index contributed by atoms with van der Waals surface area (Å²) in [6.07, 6.45) is 5.22. The van der Waals surface area contributed by atoms with Gasteiger partial charge in [0.1, 0.15) is 0 Å². The molecule has 0 radical (unpaired) electrons. The van der Waals surface area contributed by atoms with Gasteiger partial charge in [-0.3, -0.25) is 9.69 Å². The molecule has 1 aromatic rings. The highest BCUT2D eigenvalue weighted by Gasteiger charge is 2.19. The van der Waals surface area contributed by atoms with Crippen molar-refractivity contribution in [2.24, 2.45) is 0 Å². The lowest BCUT2D eigenvalue weighted by molar-refractivity contribution is 0.145. The number of likely N-dealkylation sites (tertiary alicyclic amines) is 1. The summed E-state index contributed by atoms with van der Waals surface area (Å²) in [6, 6.07) is 2.09. The number of pyridine rings is 1. The predicted octanol–water partition coefficient (Wildman–Crippen LogP) is 1.57. The second-order valence-corrected chi connectivity index (χ2v) is 5.52. The lowest BCUT2D eigenvalue weighted by Gasteiger charge is -2.33. The maximum atomic E-state index is 11.7. The van der Waals surface area contributed by atoms with E-state index >= 15 is 0 Å². The van der Waals surface area contributed by atoms with Gasteiger partial charge in [0.2, 0.25) is 5.43 Å². The topological polar surface area (TPSA) is 54.7 Å². The smallest absolute Gasteiger partial charge is 0.223 e. The lowest BCUT2D eigenvalue weighted by Crippen LogP contribution is -2.37. The number of hydrogen-bond donors (Lipinski definition) is 1. The summed E-state index contributed by atoms with van der Waals surface area (Å²) in [5.74, 6) is -0.198. The largest absolute Gasteiger partial charge is 0.503 e. The molecule has 1 unspecified atom stereocenters. The van der Waals surface area contributed by atoms with Gasteiger partial charge in [0, 0.05) is 38.0 Å². The van der Waals surface area contributed by atoms with Crippen molar-refractivity contribution in [3.8, 4) is 5.75 Å². The van der Waals surface area contributed by atoms with Crippen LogP contribution in [0.25, 0.3) is 0 Å². The molecule has 0 spiro atoms. The molecule has 5 heteroatoms. The fourth-order valence-electron chi connectivity index (χ4n) is 2.74. The van der Waals surface area contributed by atoms with Crippen LogP contribution in [0.3, 0.4) is 0 Å². The van der Waals surface area contributed by atoms with Crippen LogP contribution in [0.5, 0.6) is 5.75 Å². The van der Waals surface area contributed by atoms with Crippen LogP contribution in [0.4, 0.5) is 0 Å². The van der Waals surface area contributed by atoms with E-state index in [1.54, 1.807) is 13.2 Å². The number of hydrogen-bond acceptors (Lipinski definition) is 4. The van der Waals surface area contributed by atoms with E-state index in [9.17, 15) is 9.90 Å². The molecular weight excluding hydrogens is 256 g/mol. The Morgan fingerprint density at radius 1 is 1.45 bits per heavy atom. The Bertz CT molecular complexity index is 498. The third-order valence-electron chi connectivity index (χ3n) is 4.04. The van der Waals surface area contributed by atoms with Crippen molar-refractivity contribution in [3.05, 3.63) is 28.2 Å². The molecular formula is C15H24N2O3. The number of rotatable bonds is 5. The molecule has 1 aliphatic rings. The average Bonchev–Trinajstić information content (AvgIpc) is 2.43. The molecule has 0 amide bonds. The summed E-state index contributed by atoms with van der Waals surface area (Å²) >= 11 is 0. The molecule has 1 fully saturated rings. The van der Waals surface area contributed by atoms with Crippen LogP contribution in [0.2, 0.25) is 0 Å². The maximum Gasteiger partial charge on any atom is 0.223 e. The summed E-state index contributed by atoms with van der Waals surface area (Å²) in [4.78, 5) is 14.1. The molecule has 0 aromatic carbocycles. The summed E-state index contributed by atoms with van der Waals surface area (Å²) in [5.41, 5.74) is 0.636. The van der Waals surface area contributed by atoms with Gasteiger partial charge in [-0.05, 0) is 26.3 Å². The molecule has 1 aromatic heterocycles. The first-order valence-electron chi connectivity index (χ1n) is 7.27. The highest BCUT2D eigenvalue weighted by molar-refractivity contribution is 5.20. The molecule has 0 aliphatic carbocycles. The minimum Gasteiger partial charge on any atom is -0.503 e. The predicted molar refractivity (Wildman–Crippen MR) is 78.0 cm³/mol. The van der Waals surface area contributed by atoms with Crippen LogP contribution < -0.4 is 5.43 Å². The number of piperidine rings is 1. The molecule has 20 heavy (non-hydrogen) atoms. The lowest BCUT2D eigenvalue weighted by atomic mass is 10.0. The zero-order valence-corrected chi connectivity index (χ0v) is 12.3. The molecule has 2 heterocycles. The van der Waals surface area contributed by atoms with Crippen molar-refractivity contribution < 1.29 is 9.84 Å². The number of nitrogens with zero attached hydrogens (tertiary/aromatic N) is 2. The summed E-state index contributed by atoms with van der Waals surface area (Å²) in [7, 11) is 1.65. The van der Waals surface area contributed by atoms with Crippen LogP contribution in [0.15, 0.2) is 17.1 Å². The molecule has 1 N–H and O–H groups in total. The van der Waals surface area contributed by atoms with Gasteiger partial charge in [-0.15, -0.1) is 0 Å². The zero-order chi connectivity index (χ0) is 14.5. The van der Waals surface area contributed by atoms with Gasteiger partial charge in [-0.25, -0.2) is 0 Å². The van der Waals surface area contributed by atoms with Gasteiger partial charge >= 0.3 is 0 Å².